The molecule has 0 radical (unpaired) electrons. The molecule has 1 unspecified atom stereocenters. The Balaban J connectivity index is 2.00. The molecule has 2 N–H and O–H groups in total. The van der Waals surface area contributed by atoms with Gasteiger partial charge < -0.3 is 14.6 Å². The van der Waals surface area contributed by atoms with Crippen molar-refractivity contribution in [3.05, 3.63) is 64.4 Å². The van der Waals surface area contributed by atoms with Crippen LogP contribution in [0.2, 0.25) is 5.02 Å². The number of carbonyl (C=O) groups excluding carboxylic acids is 1. The number of hydrogen-bond acceptors (Lipinski definition) is 4. The molecule has 0 fully saturated rings. The van der Waals surface area contributed by atoms with Crippen molar-refractivity contribution in [3.63, 3.8) is 0 Å². The number of rotatable bonds is 8. The molecule has 150 valence electrons. The fourth-order valence-corrected chi connectivity index (χ4v) is 2.54. The van der Waals surface area contributed by atoms with E-state index in [1.165, 1.54) is 12.1 Å². The van der Waals surface area contributed by atoms with Gasteiger partial charge in [-0.25, -0.2) is 14.0 Å². The van der Waals surface area contributed by atoms with Gasteiger partial charge in [0.15, 0.2) is 6.10 Å². The highest BCUT2D eigenvalue weighted by Crippen LogP contribution is 2.19. The number of aliphatic carboxylic acids is 1. The molecule has 0 aliphatic carbocycles. The van der Waals surface area contributed by atoms with Crippen molar-refractivity contribution in [1.29, 1.82) is 0 Å². The summed E-state index contributed by atoms with van der Waals surface area (Å²) < 4.78 is 24.5. The molecule has 6 nitrogen and oxygen atoms in total. The molecule has 0 bridgehead atoms. The van der Waals surface area contributed by atoms with E-state index in [1.807, 2.05) is 0 Å². The molecule has 0 aliphatic rings. The van der Waals surface area contributed by atoms with E-state index in [9.17, 15) is 19.1 Å². The van der Waals surface area contributed by atoms with E-state index in [-0.39, 0.29) is 30.4 Å². The summed E-state index contributed by atoms with van der Waals surface area (Å²) in [5, 5.41) is 12.3. The fraction of sp³-hybridized carbons (Fsp3) is 0.300. The number of anilines is 1. The summed E-state index contributed by atoms with van der Waals surface area (Å²) in [6, 6.07) is 10.7. The predicted molar refractivity (Wildman–Crippen MR) is 103 cm³/mol. The number of ether oxygens (including phenoxy) is 2. The quantitative estimate of drug-likeness (QED) is 0.663. The minimum absolute atomic E-state index is 0.0420. The number of carboxylic acids is 1. The second-order valence-electron chi connectivity index (χ2n) is 6.35. The van der Waals surface area contributed by atoms with Gasteiger partial charge in [-0.15, -0.1) is 0 Å². The van der Waals surface area contributed by atoms with Crippen molar-refractivity contribution >= 4 is 29.4 Å². The molecule has 28 heavy (non-hydrogen) atoms. The lowest BCUT2D eigenvalue weighted by Crippen LogP contribution is -2.29. The summed E-state index contributed by atoms with van der Waals surface area (Å²) in [6.07, 6.45) is -2.41. The van der Waals surface area contributed by atoms with E-state index in [0.717, 1.165) is 11.6 Å². The smallest absolute Gasteiger partial charge is 0.411 e. The number of amides is 1. The average molecular weight is 410 g/mol. The standard InChI is InChI=1S/C20H21ClFNO5/c1-12(2)28-18(19(24)25)10-14-9-16(7-8-17(14)22)23-20(26)27-11-13-3-5-15(21)6-4-13/h3-9,12,18H,10-11H2,1-2H3,(H,23,26)(H,24,25). The molecule has 2 aromatic rings. The third kappa shape index (κ3) is 6.83. The van der Waals surface area contributed by atoms with Crippen molar-refractivity contribution in [3.8, 4) is 0 Å². The Labute approximate surface area is 167 Å². The number of benzene rings is 2. The first kappa shape index (κ1) is 21.7. The topological polar surface area (TPSA) is 84.9 Å². The number of hydrogen-bond donors (Lipinski definition) is 2. The van der Waals surface area contributed by atoms with Gasteiger partial charge in [0.25, 0.3) is 0 Å². The van der Waals surface area contributed by atoms with Crippen LogP contribution in [0.5, 0.6) is 0 Å². The molecule has 0 saturated carbocycles. The van der Waals surface area contributed by atoms with E-state index in [0.29, 0.717) is 5.02 Å². The van der Waals surface area contributed by atoms with Crippen LogP contribution in [0.1, 0.15) is 25.0 Å². The number of halogens is 2. The molecule has 0 heterocycles. The third-order valence-corrected chi connectivity index (χ3v) is 3.94. The number of carboxylic acid groups (broad SMARTS) is 1. The van der Waals surface area contributed by atoms with Gasteiger partial charge in [0.2, 0.25) is 0 Å². The maximum atomic E-state index is 14.1. The molecule has 0 aromatic heterocycles. The summed E-state index contributed by atoms with van der Waals surface area (Å²) in [7, 11) is 0. The Kier molecular flexibility index (Phi) is 7.78. The van der Waals surface area contributed by atoms with Gasteiger partial charge in [-0.2, -0.15) is 0 Å². The van der Waals surface area contributed by atoms with Gasteiger partial charge in [-0.1, -0.05) is 23.7 Å². The maximum absolute atomic E-state index is 14.1. The lowest BCUT2D eigenvalue weighted by molar-refractivity contribution is -0.153. The maximum Gasteiger partial charge on any atom is 0.411 e. The van der Waals surface area contributed by atoms with Crippen LogP contribution in [0.25, 0.3) is 0 Å². The molecule has 2 aromatic carbocycles. The van der Waals surface area contributed by atoms with Crippen molar-refractivity contribution in [2.24, 2.45) is 0 Å². The first-order valence-corrected chi connectivity index (χ1v) is 8.97. The van der Waals surface area contributed by atoms with Crippen LogP contribution < -0.4 is 5.32 Å². The van der Waals surface area contributed by atoms with Gasteiger partial charge in [-0.05, 0) is 55.3 Å². The monoisotopic (exact) mass is 409 g/mol. The molecule has 1 atom stereocenters. The number of carbonyl (C=O) groups is 2. The van der Waals surface area contributed by atoms with Gasteiger partial charge in [-0.3, -0.25) is 5.32 Å². The Bertz CT molecular complexity index is 826. The molecule has 0 aliphatic heterocycles. The largest absolute Gasteiger partial charge is 0.479 e. The summed E-state index contributed by atoms with van der Waals surface area (Å²) in [5.74, 6) is -1.77. The first-order chi connectivity index (χ1) is 13.2. The van der Waals surface area contributed by atoms with Crippen molar-refractivity contribution in [1.82, 2.24) is 0 Å². The zero-order valence-corrected chi connectivity index (χ0v) is 16.2. The van der Waals surface area contributed by atoms with Crippen LogP contribution in [0.4, 0.5) is 14.9 Å². The molecule has 0 spiro atoms. The summed E-state index contributed by atoms with van der Waals surface area (Å²) in [6.45, 7) is 3.43. The summed E-state index contributed by atoms with van der Waals surface area (Å²) in [4.78, 5) is 23.3. The van der Waals surface area contributed by atoms with Crippen molar-refractivity contribution < 1.29 is 28.6 Å². The number of nitrogens with one attached hydrogen (secondary N) is 1. The molecule has 1 amide bonds. The van der Waals surface area contributed by atoms with Crippen LogP contribution in [0, 0.1) is 5.82 Å². The van der Waals surface area contributed by atoms with Crippen LogP contribution >= 0.6 is 11.6 Å². The molecule has 0 saturated heterocycles. The van der Waals surface area contributed by atoms with E-state index in [1.54, 1.807) is 38.1 Å². The Morgan fingerprint density at radius 3 is 2.46 bits per heavy atom. The van der Waals surface area contributed by atoms with Gasteiger partial charge in [0.1, 0.15) is 12.4 Å². The Hall–Kier alpha value is -2.64. The highest BCUT2D eigenvalue weighted by Gasteiger charge is 2.22. The normalized spacial score (nSPS) is 11.9. The lowest BCUT2D eigenvalue weighted by atomic mass is 10.1. The predicted octanol–water partition coefficient (Wildman–Crippen LogP) is 4.65. The molecular formula is C20H21ClFNO5. The Morgan fingerprint density at radius 2 is 1.86 bits per heavy atom. The summed E-state index contributed by atoms with van der Waals surface area (Å²) >= 11 is 5.80. The van der Waals surface area contributed by atoms with E-state index in [4.69, 9.17) is 21.1 Å². The fourth-order valence-electron chi connectivity index (χ4n) is 2.41. The minimum atomic E-state index is -1.19. The van der Waals surface area contributed by atoms with E-state index >= 15 is 0 Å². The van der Waals surface area contributed by atoms with Crippen LogP contribution in [0.3, 0.4) is 0 Å². The SMILES string of the molecule is CC(C)OC(Cc1cc(NC(=O)OCc2ccc(Cl)cc2)ccc1F)C(=O)O. The van der Waals surface area contributed by atoms with Crippen molar-refractivity contribution in [2.45, 2.75) is 39.1 Å². The second-order valence-corrected chi connectivity index (χ2v) is 6.79. The zero-order chi connectivity index (χ0) is 20.7. The van der Waals surface area contributed by atoms with Gasteiger partial charge >= 0.3 is 12.1 Å². The van der Waals surface area contributed by atoms with Gasteiger partial charge in [0, 0.05) is 17.1 Å². The van der Waals surface area contributed by atoms with Crippen LogP contribution in [-0.2, 0) is 27.3 Å². The molecule has 2 rings (SSSR count). The van der Waals surface area contributed by atoms with Gasteiger partial charge in [0.05, 0.1) is 6.10 Å². The summed E-state index contributed by atoms with van der Waals surface area (Å²) in [5.41, 5.74) is 1.16. The zero-order valence-electron chi connectivity index (χ0n) is 15.4. The van der Waals surface area contributed by atoms with Crippen molar-refractivity contribution in [2.75, 3.05) is 5.32 Å². The average Bonchev–Trinajstić information content (AvgIpc) is 2.63. The van der Waals surface area contributed by atoms with Crippen LogP contribution in [0.15, 0.2) is 42.5 Å². The minimum Gasteiger partial charge on any atom is -0.479 e. The van der Waals surface area contributed by atoms with E-state index in [2.05, 4.69) is 5.32 Å². The third-order valence-electron chi connectivity index (χ3n) is 3.69. The lowest BCUT2D eigenvalue weighted by Gasteiger charge is -2.17. The molecular weight excluding hydrogens is 389 g/mol. The highest BCUT2D eigenvalue weighted by molar-refractivity contribution is 6.30. The first-order valence-electron chi connectivity index (χ1n) is 8.59. The van der Waals surface area contributed by atoms with E-state index < -0.39 is 24.0 Å². The molecule has 8 heteroatoms. The Morgan fingerprint density at radius 1 is 1.18 bits per heavy atom. The van der Waals surface area contributed by atoms with Crippen LogP contribution in [-0.4, -0.2) is 29.4 Å². The second kappa shape index (κ2) is 10.1. The highest BCUT2D eigenvalue weighted by atomic mass is 35.5.